The number of benzene rings is 2. The summed E-state index contributed by atoms with van der Waals surface area (Å²) >= 11 is 0. The average Bonchev–Trinajstić information content (AvgIpc) is 2.91. The molecule has 0 saturated heterocycles. The first-order valence-corrected chi connectivity index (χ1v) is 12.0. The van der Waals surface area contributed by atoms with E-state index in [0.29, 0.717) is 77.3 Å². The van der Waals surface area contributed by atoms with Gasteiger partial charge < -0.3 is 39.1 Å². The van der Waals surface area contributed by atoms with Gasteiger partial charge in [-0.15, -0.1) is 0 Å². The summed E-state index contributed by atoms with van der Waals surface area (Å²) in [4.78, 5) is 23.9. The Kier molecular flexibility index (Phi) is 12.4. The molecule has 2 aromatic carbocycles. The maximum Gasteiger partial charge on any atom is 0.407 e. The summed E-state index contributed by atoms with van der Waals surface area (Å²) < 4.78 is 33.2. The highest BCUT2D eigenvalue weighted by Crippen LogP contribution is 2.28. The molecule has 10 nitrogen and oxygen atoms in total. The Morgan fingerprint density at radius 1 is 0.722 bits per heavy atom. The average molecular weight is 503 g/mol. The van der Waals surface area contributed by atoms with Crippen LogP contribution in [0.3, 0.4) is 0 Å². The molecule has 0 aliphatic carbocycles. The Labute approximate surface area is 211 Å². The minimum Gasteiger partial charge on any atom is -0.487 e. The quantitative estimate of drug-likeness (QED) is 0.592. The lowest BCUT2D eigenvalue weighted by Crippen LogP contribution is -2.37. The number of alkyl carbamates (subject to hydrolysis) is 1. The van der Waals surface area contributed by atoms with Crippen molar-refractivity contribution < 1.29 is 38.0 Å². The van der Waals surface area contributed by atoms with E-state index in [2.05, 4.69) is 10.6 Å². The van der Waals surface area contributed by atoms with Crippen molar-refractivity contribution in [3.63, 3.8) is 0 Å². The predicted octanol–water partition coefficient (Wildman–Crippen LogP) is 2.09. The molecule has 196 valence electrons. The molecule has 2 aromatic rings. The first kappa shape index (κ1) is 27.3. The van der Waals surface area contributed by atoms with E-state index in [1.807, 2.05) is 48.5 Å². The summed E-state index contributed by atoms with van der Waals surface area (Å²) in [5.74, 6) is 0.925. The number of hydrogen-bond acceptors (Lipinski definition) is 8. The van der Waals surface area contributed by atoms with Crippen LogP contribution in [0.5, 0.6) is 11.5 Å². The van der Waals surface area contributed by atoms with Crippen molar-refractivity contribution in [2.24, 2.45) is 0 Å². The molecule has 10 heteroatoms. The monoisotopic (exact) mass is 502 g/mol. The SMILES string of the molecule is O=C(CNC(=O)OCc1ccccc1)NCCc1ccc2c(c1)OCCOCCOCCOCCO2. The Hall–Kier alpha value is -3.34. The number of fused-ring (bicyclic) bond motifs is 1. The minimum atomic E-state index is -0.644. The maximum atomic E-state index is 12.1. The van der Waals surface area contributed by atoms with Crippen molar-refractivity contribution in [3.05, 3.63) is 59.7 Å². The first-order chi connectivity index (χ1) is 17.7. The number of rotatable bonds is 7. The molecule has 0 aromatic heterocycles. The first-order valence-electron chi connectivity index (χ1n) is 12.0. The highest BCUT2D eigenvalue weighted by atomic mass is 16.6. The summed E-state index contributed by atoms with van der Waals surface area (Å²) in [6.45, 7) is 4.04. The van der Waals surface area contributed by atoms with Gasteiger partial charge in [0.2, 0.25) is 5.91 Å². The molecule has 3 rings (SSSR count). The highest BCUT2D eigenvalue weighted by Gasteiger charge is 2.10. The molecule has 0 fully saturated rings. The summed E-state index contributed by atoms with van der Waals surface area (Å²) in [5, 5.41) is 5.23. The van der Waals surface area contributed by atoms with E-state index in [1.165, 1.54) is 0 Å². The summed E-state index contributed by atoms with van der Waals surface area (Å²) in [7, 11) is 0. The summed E-state index contributed by atoms with van der Waals surface area (Å²) in [6, 6.07) is 15.0. The molecular weight excluding hydrogens is 468 g/mol. The van der Waals surface area contributed by atoms with Crippen LogP contribution in [0.4, 0.5) is 4.79 Å². The Balaban J connectivity index is 1.39. The van der Waals surface area contributed by atoms with Crippen LogP contribution in [0.1, 0.15) is 11.1 Å². The number of carbonyl (C=O) groups excluding carboxylic acids is 2. The fraction of sp³-hybridized carbons (Fsp3) is 0.462. The van der Waals surface area contributed by atoms with Crippen LogP contribution in [0.2, 0.25) is 0 Å². The second-order valence-corrected chi connectivity index (χ2v) is 7.83. The van der Waals surface area contributed by atoms with Gasteiger partial charge in [0.1, 0.15) is 19.8 Å². The van der Waals surface area contributed by atoms with Gasteiger partial charge in [-0.2, -0.15) is 0 Å². The Morgan fingerprint density at radius 2 is 1.36 bits per heavy atom. The van der Waals surface area contributed by atoms with Crippen LogP contribution in [0.15, 0.2) is 48.5 Å². The van der Waals surface area contributed by atoms with Gasteiger partial charge in [-0.1, -0.05) is 36.4 Å². The lowest BCUT2D eigenvalue weighted by Gasteiger charge is -2.14. The van der Waals surface area contributed by atoms with Crippen molar-refractivity contribution in [2.75, 3.05) is 65.9 Å². The van der Waals surface area contributed by atoms with Crippen LogP contribution in [0.25, 0.3) is 0 Å². The van der Waals surface area contributed by atoms with Gasteiger partial charge in [0, 0.05) is 6.54 Å². The zero-order valence-corrected chi connectivity index (χ0v) is 20.4. The van der Waals surface area contributed by atoms with Gasteiger partial charge in [0.25, 0.3) is 0 Å². The fourth-order valence-corrected chi connectivity index (χ4v) is 3.24. The third kappa shape index (κ3) is 10.9. The van der Waals surface area contributed by atoms with Crippen LogP contribution in [0, 0.1) is 0 Å². The van der Waals surface area contributed by atoms with Crippen molar-refractivity contribution in [1.82, 2.24) is 10.6 Å². The van der Waals surface area contributed by atoms with E-state index in [4.69, 9.17) is 28.4 Å². The minimum absolute atomic E-state index is 0.145. The van der Waals surface area contributed by atoms with E-state index in [9.17, 15) is 9.59 Å². The number of hydrogen-bond donors (Lipinski definition) is 2. The van der Waals surface area contributed by atoms with Crippen LogP contribution >= 0.6 is 0 Å². The third-order valence-corrected chi connectivity index (χ3v) is 5.06. The van der Waals surface area contributed by atoms with Gasteiger partial charge in [-0.3, -0.25) is 4.79 Å². The van der Waals surface area contributed by atoms with E-state index in [-0.39, 0.29) is 19.1 Å². The molecule has 0 radical (unpaired) electrons. The molecule has 0 spiro atoms. The number of carbonyl (C=O) groups is 2. The molecule has 2 amide bonds. The van der Waals surface area contributed by atoms with Crippen LogP contribution in [-0.4, -0.2) is 77.9 Å². The van der Waals surface area contributed by atoms with E-state index in [0.717, 1.165) is 11.1 Å². The summed E-state index contributed by atoms with van der Waals surface area (Å²) in [5.41, 5.74) is 1.84. The molecule has 1 aliphatic rings. The fourth-order valence-electron chi connectivity index (χ4n) is 3.24. The van der Waals surface area contributed by atoms with Crippen molar-refractivity contribution in [1.29, 1.82) is 0 Å². The Bertz CT molecular complexity index is 925. The second kappa shape index (κ2) is 16.4. The van der Waals surface area contributed by atoms with Gasteiger partial charge in [-0.05, 0) is 29.7 Å². The molecule has 2 N–H and O–H groups in total. The molecule has 0 saturated carbocycles. The standard InChI is InChI=1S/C26H34N2O8/c29-25(19-28-26(30)36-20-22-4-2-1-3-5-22)27-9-8-21-6-7-23-24(18-21)35-17-15-33-13-11-31-10-12-32-14-16-34-23/h1-7,18H,8-17,19-20H2,(H,27,29)(H,28,30). The van der Waals surface area contributed by atoms with E-state index in [1.54, 1.807) is 0 Å². The zero-order valence-electron chi connectivity index (χ0n) is 20.4. The lowest BCUT2D eigenvalue weighted by atomic mass is 10.1. The van der Waals surface area contributed by atoms with E-state index < -0.39 is 6.09 Å². The number of ether oxygens (including phenoxy) is 6. The number of nitrogens with one attached hydrogen (secondary N) is 2. The third-order valence-electron chi connectivity index (χ3n) is 5.06. The smallest absolute Gasteiger partial charge is 0.407 e. The molecular formula is C26H34N2O8. The lowest BCUT2D eigenvalue weighted by molar-refractivity contribution is -0.120. The molecule has 1 aliphatic heterocycles. The predicted molar refractivity (Wildman–Crippen MR) is 131 cm³/mol. The molecule has 0 unspecified atom stereocenters. The largest absolute Gasteiger partial charge is 0.487 e. The van der Waals surface area contributed by atoms with Gasteiger partial charge >= 0.3 is 6.09 Å². The number of amides is 2. The molecule has 0 bridgehead atoms. The topological polar surface area (TPSA) is 114 Å². The van der Waals surface area contributed by atoms with Crippen LogP contribution < -0.4 is 20.1 Å². The molecule has 0 atom stereocenters. The van der Waals surface area contributed by atoms with Gasteiger partial charge in [0.15, 0.2) is 11.5 Å². The van der Waals surface area contributed by atoms with Gasteiger partial charge in [0.05, 0.1) is 46.2 Å². The second-order valence-electron chi connectivity index (χ2n) is 7.83. The summed E-state index contributed by atoms with van der Waals surface area (Å²) in [6.07, 6.45) is -0.0625. The van der Waals surface area contributed by atoms with Gasteiger partial charge in [-0.25, -0.2) is 4.79 Å². The van der Waals surface area contributed by atoms with Crippen LogP contribution in [-0.2, 0) is 36.8 Å². The van der Waals surface area contributed by atoms with Crippen molar-refractivity contribution in [2.45, 2.75) is 13.0 Å². The van der Waals surface area contributed by atoms with Crippen molar-refractivity contribution >= 4 is 12.0 Å². The molecule has 36 heavy (non-hydrogen) atoms. The zero-order chi connectivity index (χ0) is 25.3. The highest BCUT2D eigenvalue weighted by molar-refractivity contribution is 5.82. The van der Waals surface area contributed by atoms with E-state index >= 15 is 0 Å². The maximum absolute atomic E-state index is 12.1. The molecule has 1 heterocycles. The van der Waals surface area contributed by atoms with Crippen molar-refractivity contribution in [3.8, 4) is 11.5 Å². The Morgan fingerprint density at radius 3 is 2.06 bits per heavy atom. The normalized spacial score (nSPS) is 15.1.